The smallest absolute Gasteiger partial charge is 0.265 e. The summed E-state index contributed by atoms with van der Waals surface area (Å²) < 4.78 is 25.0. The fourth-order valence-electron chi connectivity index (χ4n) is 2.21. The van der Waals surface area contributed by atoms with E-state index in [9.17, 15) is 13.2 Å². The number of benzene rings is 1. The van der Waals surface area contributed by atoms with Gasteiger partial charge in [0, 0.05) is 23.6 Å². The molecule has 3 aromatic rings. The molecule has 0 unspecified atom stereocenters. The first kappa shape index (κ1) is 17.1. The average molecular weight is 373 g/mol. The number of aromatic nitrogens is 1. The van der Waals surface area contributed by atoms with Gasteiger partial charge in [-0.3, -0.25) is 14.5 Å². The van der Waals surface area contributed by atoms with E-state index in [-0.39, 0.29) is 5.91 Å². The highest BCUT2D eigenvalue weighted by Gasteiger charge is 2.11. The molecule has 6 nitrogen and oxygen atoms in total. The summed E-state index contributed by atoms with van der Waals surface area (Å²) in [6.45, 7) is 0. The van der Waals surface area contributed by atoms with Crippen molar-refractivity contribution in [2.45, 2.75) is 0 Å². The molecule has 2 heterocycles. The lowest BCUT2D eigenvalue weighted by Crippen LogP contribution is -2.12. The second-order valence-corrected chi connectivity index (χ2v) is 8.01. The molecule has 1 amide bonds. The van der Waals surface area contributed by atoms with Gasteiger partial charge in [-0.25, -0.2) is 8.42 Å². The number of hydrogen-bond acceptors (Lipinski definition) is 5. The number of anilines is 2. The average Bonchev–Trinajstić information content (AvgIpc) is 3.04. The summed E-state index contributed by atoms with van der Waals surface area (Å²) in [5, 5.41) is 4.67. The van der Waals surface area contributed by atoms with Gasteiger partial charge in [0.05, 0.1) is 16.8 Å². The molecule has 2 aromatic heterocycles. The van der Waals surface area contributed by atoms with E-state index in [1.807, 2.05) is 17.5 Å². The van der Waals surface area contributed by atoms with Crippen molar-refractivity contribution in [1.82, 2.24) is 4.98 Å². The van der Waals surface area contributed by atoms with Crippen LogP contribution in [0.1, 0.15) is 9.67 Å². The van der Waals surface area contributed by atoms with Gasteiger partial charge in [0.2, 0.25) is 10.0 Å². The highest BCUT2D eigenvalue weighted by atomic mass is 32.2. The van der Waals surface area contributed by atoms with Crippen LogP contribution in [0.25, 0.3) is 11.1 Å². The van der Waals surface area contributed by atoms with E-state index in [1.54, 1.807) is 42.7 Å². The summed E-state index contributed by atoms with van der Waals surface area (Å²) in [6.07, 6.45) is 4.51. The lowest BCUT2D eigenvalue weighted by Gasteiger charge is -2.07. The monoisotopic (exact) mass is 373 g/mol. The molecule has 0 atom stereocenters. The van der Waals surface area contributed by atoms with Crippen molar-refractivity contribution < 1.29 is 13.2 Å². The number of sulfonamides is 1. The Morgan fingerprint density at radius 3 is 2.60 bits per heavy atom. The second kappa shape index (κ2) is 7.04. The van der Waals surface area contributed by atoms with Gasteiger partial charge in [-0.15, -0.1) is 11.3 Å². The molecule has 0 aliphatic heterocycles. The summed E-state index contributed by atoms with van der Waals surface area (Å²) in [6, 6.07) is 12.1. The zero-order valence-electron chi connectivity index (χ0n) is 13.3. The number of carbonyl (C=O) groups excluding carboxylic acids is 1. The summed E-state index contributed by atoms with van der Waals surface area (Å²) >= 11 is 1.33. The predicted octanol–water partition coefficient (Wildman–Crippen LogP) is 3.43. The Labute approximate surface area is 149 Å². The van der Waals surface area contributed by atoms with E-state index < -0.39 is 10.0 Å². The molecule has 0 aliphatic carbocycles. The quantitative estimate of drug-likeness (QED) is 0.717. The van der Waals surface area contributed by atoms with Crippen LogP contribution < -0.4 is 10.0 Å². The Kier molecular flexibility index (Phi) is 4.82. The van der Waals surface area contributed by atoms with Crippen LogP contribution in [0.15, 0.2) is 60.2 Å². The van der Waals surface area contributed by atoms with Crippen LogP contribution in [0, 0.1) is 0 Å². The van der Waals surface area contributed by atoms with E-state index in [0.29, 0.717) is 16.3 Å². The first-order valence-corrected chi connectivity index (χ1v) is 10.1. The highest BCUT2D eigenvalue weighted by Crippen LogP contribution is 2.26. The first-order valence-electron chi connectivity index (χ1n) is 7.29. The number of hydrogen-bond donors (Lipinski definition) is 2. The van der Waals surface area contributed by atoms with E-state index in [1.165, 1.54) is 11.3 Å². The largest absolute Gasteiger partial charge is 0.321 e. The zero-order chi connectivity index (χ0) is 17.9. The SMILES string of the molecule is CS(=O)(=O)Nc1cccc(NC(=O)c2cc(-c3cccnc3)cs2)c1. The van der Waals surface area contributed by atoms with Gasteiger partial charge >= 0.3 is 0 Å². The van der Waals surface area contributed by atoms with E-state index >= 15 is 0 Å². The predicted molar refractivity (Wildman–Crippen MR) is 100 cm³/mol. The number of carbonyl (C=O) groups is 1. The molecule has 128 valence electrons. The fourth-order valence-corrected chi connectivity index (χ4v) is 3.57. The molecule has 3 rings (SSSR count). The van der Waals surface area contributed by atoms with Crippen molar-refractivity contribution >= 4 is 38.6 Å². The molecule has 8 heteroatoms. The third-order valence-electron chi connectivity index (χ3n) is 3.24. The molecule has 0 bridgehead atoms. The van der Waals surface area contributed by atoms with Crippen LogP contribution in [-0.2, 0) is 10.0 Å². The van der Waals surface area contributed by atoms with Crippen molar-refractivity contribution in [3.8, 4) is 11.1 Å². The molecule has 0 saturated carbocycles. The number of nitrogens with zero attached hydrogens (tertiary/aromatic N) is 1. The van der Waals surface area contributed by atoms with Crippen LogP contribution >= 0.6 is 11.3 Å². The van der Waals surface area contributed by atoms with Gasteiger partial charge in [-0.2, -0.15) is 0 Å². The van der Waals surface area contributed by atoms with Gasteiger partial charge in [0.15, 0.2) is 0 Å². The molecule has 0 saturated heterocycles. The van der Waals surface area contributed by atoms with Crippen molar-refractivity contribution in [3.63, 3.8) is 0 Å². The zero-order valence-corrected chi connectivity index (χ0v) is 14.9. The Morgan fingerprint density at radius 1 is 1.08 bits per heavy atom. The lowest BCUT2D eigenvalue weighted by molar-refractivity contribution is 0.103. The fraction of sp³-hybridized carbons (Fsp3) is 0.0588. The third kappa shape index (κ3) is 4.65. The van der Waals surface area contributed by atoms with Crippen LogP contribution in [-0.4, -0.2) is 25.6 Å². The van der Waals surface area contributed by atoms with Gasteiger partial charge < -0.3 is 5.32 Å². The van der Waals surface area contributed by atoms with Crippen LogP contribution in [0.3, 0.4) is 0 Å². The number of nitrogens with one attached hydrogen (secondary N) is 2. The number of rotatable bonds is 5. The van der Waals surface area contributed by atoms with Gasteiger partial charge in [0.25, 0.3) is 5.91 Å². The van der Waals surface area contributed by atoms with E-state index in [4.69, 9.17) is 0 Å². The normalized spacial score (nSPS) is 11.1. The van der Waals surface area contributed by atoms with Crippen molar-refractivity contribution in [3.05, 3.63) is 65.1 Å². The Balaban J connectivity index is 1.75. The Morgan fingerprint density at radius 2 is 1.88 bits per heavy atom. The van der Waals surface area contributed by atoms with Gasteiger partial charge in [-0.05, 0) is 41.3 Å². The molecule has 0 spiro atoms. The Hall–Kier alpha value is -2.71. The summed E-state index contributed by atoms with van der Waals surface area (Å²) in [4.78, 5) is 17.0. The van der Waals surface area contributed by atoms with Crippen molar-refractivity contribution in [2.75, 3.05) is 16.3 Å². The number of amides is 1. The van der Waals surface area contributed by atoms with Crippen LogP contribution in [0.5, 0.6) is 0 Å². The molecule has 25 heavy (non-hydrogen) atoms. The minimum absolute atomic E-state index is 0.253. The molecular formula is C17H15N3O3S2. The first-order chi connectivity index (χ1) is 11.9. The number of thiophene rings is 1. The standard InChI is InChI=1S/C17H15N3O3S2/c1-25(22,23)20-15-6-2-5-14(9-15)19-17(21)16-8-13(11-24-16)12-4-3-7-18-10-12/h2-11,20H,1H3,(H,19,21). The summed E-state index contributed by atoms with van der Waals surface area (Å²) in [5.41, 5.74) is 2.77. The maximum absolute atomic E-state index is 12.4. The van der Waals surface area contributed by atoms with Gasteiger partial charge in [0.1, 0.15) is 0 Å². The molecule has 0 radical (unpaired) electrons. The minimum atomic E-state index is -3.37. The second-order valence-electron chi connectivity index (χ2n) is 5.35. The topological polar surface area (TPSA) is 88.2 Å². The summed E-state index contributed by atoms with van der Waals surface area (Å²) in [7, 11) is -3.37. The van der Waals surface area contributed by atoms with Crippen molar-refractivity contribution in [2.24, 2.45) is 0 Å². The molecule has 0 aliphatic rings. The number of pyridine rings is 1. The van der Waals surface area contributed by atoms with E-state index in [0.717, 1.165) is 17.4 Å². The van der Waals surface area contributed by atoms with Crippen molar-refractivity contribution in [1.29, 1.82) is 0 Å². The summed E-state index contributed by atoms with van der Waals surface area (Å²) in [5.74, 6) is -0.253. The lowest BCUT2D eigenvalue weighted by atomic mass is 10.1. The molecular weight excluding hydrogens is 358 g/mol. The maximum Gasteiger partial charge on any atom is 0.265 e. The van der Waals surface area contributed by atoms with Crippen LogP contribution in [0.2, 0.25) is 0 Å². The maximum atomic E-state index is 12.4. The van der Waals surface area contributed by atoms with E-state index in [2.05, 4.69) is 15.0 Å². The Bertz CT molecular complexity index is 999. The van der Waals surface area contributed by atoms with Crippen LogP contribution in [0.4, 0.5) is 11.4 Å². The third-order valence-corrected chi connectivity index (χ3v) is 4.78. The minimum Gasteiger partial charge on any atom is -0.321 e. The highest BCUT2D eigenvalue weighted by molar-refractivity contribution is 7.92. The van der Waals surface area contributed by atoms with Gasteiger partial charge in [-0.1, -0.05) is 12.1 Å². The molecule has 1 aromatic carbocycles. The molecule has 2 N–H and O–H groups in total. The molecule has 0 fully saturated rings.